The second-order valence-electron chi connectivity index (χ2n) is 4.69. The zero-order valence-electron chi connectivity index (χ0n) is 11.5. The van der Waals surface area contributed by atoms with Crippen LogP contribution in [0, 0.1) is 0 Å². The number of hydrogen-bond donors (Lipinski definition) is 3. The molecule has 0 aliphatic carbocycles. The fourth-order valence-corrected chi connectivity index (χ4v) is 2.89. The normalized spacial score (nSPS) is 18.2. The lowest BCUT2D eigenvalue weighted by molar-refractivity contribution is -0.123. The Morgan fingerprint density at radius 2 is 2.35 bits per heavy atom. The van der Waals surface area contributed by atoms with Crippen molar-refractivity contribution in [2.24, 2.45) is 0 Å². The lowest BCUT2D eigenvalue weighted by Gasteiger charge is -2.26. The number of hydrazine groups is 1. The summed E-state index contributed by atoms with van der Waals surface area (Å²) in [6.07, 6.45) is 1.06. The van der Waals surface area contributed by atoms with E-state index in [0.29, 0.717) is 17.5 Å². The molecule has 1 unspecified atom stereocenters. The van der Waals surface area contributed by atoms with Gasteiger partial charge in [0.05, 0.1) is 11.4 Å². The van der Waals surface area contributed by atoms with Crippen molar-refractivity contribution in [3.63, 3.8) is 0 Å². The topological polar surface area (TPSA) is 73.5 Å². The maximum Gasteiger partial charge on any atom is 0.279 e. The van der Waals surface area contributed by atoms with Gasteiger partial charge in [-0.25, -0.2) is 0 Å². The van der Waals surface area contributed by atoms with Crippen molar-refractivity contribution in [3.8, 4) is 0 Å². The molecule has 1 aliphatic rings. The summed E-state index contributed by atoms with van der Waals surface area (Å²) >= 11 is 1.34. The number of amides is 2. The van der Waals surface area contributed by atoms with Gasteiger partial charge in [0.2, 0.25) is 0 Å². The first-order valence-electron chi connectivity index (χ1n) is 6.78. The molecule has 0 aromatic carbocycles. The maximum absolute atomic E-state index is 11.9. The van der Waals surface area contributed by atoms with E-state index in [2.05, 4.69) is 21.1 Å². The lowest BCUT2D eigenvalue weighted by atomic mass is 10.2. The minimum atomic E-state index is -0.279. The highest BCUT2D eigenvalue weighted by Crippen LogP contribution is 2.08. The van der Waals surface area contributed by atoms with Crippen LogP contribution in [0.25, 0.3) is 0 Å². The molecule has 1 atom stereocenters. The van der Waals surface area contributed by atoms with Gasteiger partial charge in [0.25, 0.3) is 11.8 Å². The molecule has 0 saturated carbocycles. The molecule has 1 saturated heterocycles. The van der Waals surface area contributed by atoms with Gasteiger partial charge in [0, 0.05) is 12.6 Å². The van der Waals surface area contributed by atoms with Crippen molar-refractivity contribution in [1.29, 1.82) is 0 Å². The second-order valence-corrected chi connectivity index (χ2v) is 5.64. The summed E-state index contributed by atoms with van der Waals surface area (Å²) in [5.74, 6) is -0.470. The quantitative estimate of drug-likeness (QED) is 0.678. The highest BCUT2D eigenvalue weighted by molar-refractivity contribution is 7.12. The van der Waals surface area contributed by atoms with Gasteiger partial charge >= 0.3 is 0 Å². The summed E-state index contributed by atoms with van der Waals surface area (Å²) < 4.78 is 0. The predicted octanol–water partition coefficient (Wildman–Crippen LogP) is 0.193. The van der Waals surface area contributed by atoms with E-state index in [4.69, 9.17) is 0 Å². The van der Waals surface area contributed by atoms with Crippen molar-refractivity contribution < 1.29 is 9.59 Å². The highest BCUT2D eigenvalue weighted by atomic mass is 32.1. The lowest BCUT2D eigenvalue weighted by Crippen LogP contribution is -2.48. The largest absolute Gasteiger partial charge is 0.315 e. The molecule has 2 rings (SSSR count). The average Bonchev–Trinajstić information content (AvgIpc) is 3.14. The molecule has 6 nitrogen and oxygen atoms in total. The van der Waals surface area contributed by atoms with E-state index in [1.165, 1.54) is 11.3 Å². The van der Waals surface area contributed by atoms with E-state index < -0.39 is 0 Å². The van der Waals surface area contributed by atoms with Crippen LogP contribution in [0.15, 0.2) is 17.5 Å². The van der Waals surface area contributed by atoms with Gasteiger partial charge in [-0.3, -0.25) is 25.3 Å². The summed E-state index contributed by atoms with van der Waals surface area (Å²) in [6.45, 7) is 5.07. The third kappa shape index (κ3) is 4.03. The van der Waals surface area contributed by atoms with Crippen LogP contribution in [0.1, 0.15) is 23.0 Å². The van der Waals surface area contributed by atoms with Crippen molar-refractivity contribution in [2.45, 2.75) is 19.4 Å². The molecule has 1 aromatic heterocycles. The molecular weight excluding hydrogens is 276 g/mol. The SMILES string of the molecule is CCN(CC(=O)NNC(=O)c1cccs1)C1CCNC1. The van der Waals surface area contributed by atoms with Gasteiger partial charge in [0.1, 0.15) is 0 Å². The van der Waals surface area contributed by atoms with Gasteiger partial charge in [-0.05, 0) is 31.0 Å². The molecule has 1 fully saturated rings. The third-order valence-electron chi connectivity index (χ3n) is 3.36. The first-order valence-corrected chi connectivity index (χ1v) is 7.66. The Hall–Kier alpha value is -1.44. The van der Waals surface area contributed by atoms with Gasteiger partial charge in [-0.1, -0.05) is 13.0 Å². The summed E-state index contributed by atoms with van der Waals surface area (Å²) in [4.78, 5) is 26.2. The van der Waals surface area contributed by atoms with Gasteiger partial charge in [0.15, 0.2) is 0 Å². The van der Waals surface area contributed by atoms with Crippen molar-refractivity contribution in [3.05, 3.63) is 22.4 Å². The van der Waals surface area contributed by atoms with E-state index in [1.807, 2.05) is 12.3 Å². The Kier molecular flexibility index (Phi) is 5.51. The minimum Gasteiger partial charge on any atom is -0.315 e. The summed E-state index contributed by atoms with van der Waals surface area (Å²) in [7, 11) is 0. The number of carbonyl (C=O) groups excluding carboxylic acids is 2. The van der Waals surface area contributed by atoms with Crippen LogP contribution in [-0.2, 0) is 4.79 Å². The van der Waals surface area contributed by atoms with Gasteiger partial charge in [-0.2, -0.15) is 0 Å². The zero-order chi connectivity index (χ0) is 14.4. The monoisotopic (exact) mass is 296 g/mol. The second kappa shape index (κ2) is 7.37. The molecule has 1 aromatic rings. The van der Waals surface area contributed by atoms with Crippen molar-refractivity contribution in [1.82, 2.24) is 21.1 Å². The van der Waals surface area contributed by atoms with E-state index in [0.717, 1.165) is 26.1 Å². The summed E-state index contributed by atoms with van der Waals surface area (Å²) in [6, 6.07) is 3.92. The number of hydrogen-bond acceptors (Lipinski definition) is 5. The molecule has 110 valence electrons. The van der Waals surface area contributed by atoms with Gasteiger partial charge < -0.3 is 5.32 Å². The first kappa shape index (κ1) is 15.0. The molecule has 2 heterocycles. The Morgan fingerprint density at radius 3 is 2.95 bits per heavy atom. The number of thiophene rings is 1. The van der Waals surface area contributed by atoms with Crippen LogP contribution < -0.4 is 16.2 Å². The van der Waals surface area contributed by atoms with Crippen LogP contribution in [0.2, 0.25) is 0 Å². The molecule has 20 heavy (non-hydrogen) atoms. The van der Waals surface area contributed by atoms with Crippen LogP contribution in [0.3, 0.4) is 0 Å². The fraction of sp³-hybridized carbons (Fsp3) is 0.538. The molecule has 7 heteroatoms. The number of rotatable bonds is 5. The van der Waals surface area contributed by atoms with Crippen LogP contribution in [0.4, 0.5) is 0 Å². The predicted molar refractivity (Wildman–Crippen MR) is 78.4 cm³/mol. The zero-order valence-corrected chi connectivity index (χ0v) is 12.3. The molecule has 3 N–H and O–H groups in total. The highest BCUT2D eigenvalue weighted by Gasteiger charge is 2.22. The van der Waals surface area contributed by atoms with Crippen LogP contribution >= 0.6 is 11.3 Å². The molecule has 2 amide bonds. The summed E-state index contributed by atoms with van der Waals surface area (Å²) in [5, 5.41) is 5.11. The number of nitrogens with one attached hydrogen (secondary N) is 3. The van der Waals surface area contributed by atoms with Crippen LogP contribution in [0.5, 0.6) is 0 Å². The number of nitrogens with zero attached hydrogens (tertiary/aromatic N) is 1. The minimum absolute atomic E-state index is 0.191. The number of carbonyl (C=O) groups is 2. The average molecular weight is 296 g/mol. The molecule has 0 radical (unpaired) electrons. The van der Waals surface area contributed by atoms with Crippen LogP contribution in [-0.4, -0.2) is 48.9 Å². The Balaban J connectivity index is 1.75. The molecule has 0 bridgehead atoms. The third-order valence-corrected chi connectivity index (χ3v) is 4.23. The number of likely N-dealkylation sites (N-methyl/N-ethyl adjacent to an activating group) is 1. The van der Waals surface area contributed by atoms with Gasteiger partial charge in [-0.15, -0.1) is 11.3 Å². The Bertz CT molecular complexity index is 443. The fourth-order valence-electron chi connectivity index (χ4n) is 2.27. The molecular formula is C13H20N4O2S. The molecule has 1 aliphatic heterocycles. The van der Waals surface area contributed by atoms with E-state index in [9.17, 15) is 9.59 Å². The van der Waals surface area contributed by atoms with E-state index in [1.54, 1.807) is 12.1 Å². The van der Waals surface area contributed by atoms with Crippen molar-refractivity contribution >= 4 is 23.2 Å². The summed E-state index contributed by atoms with van der Waals surface area (Å²) in [5.41, 5.74) is 4.90. The van der Waals surface area contributed by atoms with Crippen molar-refractivity contribution in [2.75, 3.05) is 26.2 Å². The standard InChI is InChI=1S/C13H20N4O2S/c1-2-17(10-5-6-14-8-10)9-12(18)15-16-13(19)11-4-3-7-20-11/h3-4,7,10,14H,2,5-6,8-9H2,1H3,(H,15,18)(H,16,19). The Morgan fingerprint density at radius 1 is 1.50 bits per heavy atom. The smallest absolute Gasteiger partial charge is 0.279 e. The first-order chi connectivity index (χ1) is 9.70. The molecule has 0 spiro atoms. The van der Waals surface area contributed by atoms with E-state index >= 15 is 0 Å². The Labute approximate surface area is 122 Å². The maximum atomic E-state index is 11.9. The van der Waals surface area contributed by atoms with E-state index in [-0.39, 0.29) is 11.8 Å².